The summed E-state index contributed by atoms with van der Waals surface area (Å²) in [6.45, 7) is 6.77. The summed E-state index contributed by atoms with van der Waals surface area (Å²) in [5, 5.41) is 11.9. The lowest BCUT2D eigenvalue weighted by molar-refractivity contribution is -0.260. The fourth-order valence-electron chi connectivity index (χ4n) is 6.66. The predicted molar refractivity (Wildman–Crippen MR) is 88.4 cm³/mol. The van der Waals surface area contributed by atoms with Crippen LogP contribution in [0.4, 0.5) is 0 Å². The van der Waals surface area contributed by atoms with Crippen LogP contribution in [0.15, 0.2) is 12.1 Å². The Bertz CT molecular complexity index is 637. The van der Waals surface area contributed by atoms with Gasteiger partial charge < -0.3 is 9.84 Å². The second-order valence-corrected chi connectivity index (χ2v) is 8.33. The van der Waals surface area contributed by atoms with Gasteiger partial charge in [0.2, 0.25) is 0 Å². The van der Waals surface area contributed by atoms with Gasteiger partial charge in [-0.05, 0) is 66.7 Å². The van der Waals surface area contributed by atoms with Gasteiger partial charge in [-0.3, -0.25) is 0 Å². The van der Waals surface area contributed by atoms with E-state index >= 15 is 0 Å². The first-order valence-corrected chi connectivity index (χ1v) is 8.79. The number of rotatable bonds is 1. The third-order valence-corrected chi connectivity index (χ3v) is 7.36. The van der Waals surface area contributed by atoms with E-state index in [9.17, 15) is 5.11 Å². The molecule has 2 nitrogen and oxygen atoms in total. The zero-order chi connectivity index (χ0) is 15.8. The highest BCUT2D eigenvalue weighted by Gasteiger charge is 2.75. The summed E-state index contributed by atoms with van der Waals surface area (Å²) in [6.07, 6.45) is 6.93. The van der Waals surface area contributed by atoms with Crippen molar-refractivity contribution in [1.82, 2.24) is 0 Å². The maximum atomic E-state index is 11.9. The maximum Gasteiger partial charge on any atom is 0.122 e. The van der Waals surface area contributed by atoms with E-state index in [-0.39, 0.29) is 10.8 Å². The van der Waals surface area contributed by atoms with Crippen LogP contribution in [0.25, 0.3) is 0 Å². The molecule has 1 spiro atoms. The van der Waals surface area contributed by atoms with Crippen LogP contribution in [0.2, 0.25) is 0 Å². The molecule has 22 heavy (non-hydrogen) atoms. The molecular weight excluding hydrogens is 272 g/mol. The normalized spacial score (nSPS) is 42.7. The molecule has 0 amide bonds. The molecule has 0 aliphatic heterocycles. The number of benzene rings is 1. The summed E-state index contributed by atoms with van der Waals surface area (Å²) >= 11 is 0. The van der Waals surface area contributed by atoms with Gasteiger partial charge in [-0.1, -0.05) is 32.8 Å². The lowest BCUT2D eigenvalue weighted by Crippen LogP contribution is -2.76. The lowest BCUT2D eigenvalue weighted by Gasteiger charge is -2.72. The summed E-state index contributed by atoms with van der Waals surface area (Å²) in [5.41, 5.74) is 3.64. The van der Waals surface area contributed by atoms with Crippen LogP contribution >= 0.6 is 0 Å². The molecule has 2 heteroatoms. The van der Waals surface area contributed by atoms with E-state index in [4.69, 9.17) is 4.74 Å². The molecule has 0 saturated heterocycles. The van der Waals surface area contributed by atoms with Gasteiger partial charge >= 0.3 is 0 Å². The van der Waals surface area contributed by atoms with Crippen LogP contribution in [0.1, 0.15) is 62.6 Å². The van der Waals surface area contributed by atoms with E-state index in [1.165, 1.54) is 36.0 Å². The van der Waals surface area contributed by atoms with Crippen molar-refractivity contribution in [3.63, 3.8) is 0 Å². The molecule has 0 aromatic heterocycles. The monoisotopic (exact) mass is 300 g/mol. The number of methoxy groups -OCH3 is 1. The Hall–Kier alpha value is -1.02. The van der Waals surface area contributed by atoms with Crippen LogP contribution in [-0.2, 0) is 11.8 Å². The van der Waals surface area contributed by atoms with E-state index in [2.05, 4.69) is 32.9 Å². The van der Waals surface area contributed by atoms with Gasteiger partial charge in [0, 0.05) is 5.41 Å². The van der Waals surface area contributed by atoms with Gasteiger partial charge in [0.1, 0.15) is 5.75 Å². The molecule has 1 aromatic rings. The van der Waals surface area contributed by atoms with E-state index < -0.39 is 5.60 Å². The number of hydrogen-bond donors (Lipinski definition) is 1. The Balaban J connectivity index is 1.99. The first kappa shape index (κ1) is 14.6. The number of aliphatic hydroxyl groups is 1. The fourth-order valence-corrected chi connectivity index (χ4v) is 6.66. The minimum absolute atomic E-state index is 0.0378. The van der Waals surface area contributed by atoms with Crippen molar-refractivity contribution >= 4 is 0 Å². The molecular formula is C20H28O2. The SMILES string of the molecule is COc1ccc2c(c1C)C13CCCCC(C)(C1)C3(O)C(C)C2. The highest BCUT2D eigenvalue weighted by molar-refractivity contribution is 5.55. The third-order valence-electron chi connectivity index (χ3n) is 7.36. The Morgan fingerprint density at radius 1 is 1.23 bits per heavy atom. The third kappa shape index (κ3) is 1.37. The summed E-state index contributed by atoms with van der Waals surface area (Å²) in [4.78, 5) is 0. The van der Waals surface area contributed by atoms with Gasteiger partial charge in [-0.2, -0.15) is 0 Å². The molecule has 0 heterocycles. The van der Waals surface area contributed by atoms with Crippen LogP contribution in [0.3, 0.4) is 0 Å². The van der Waals surface area contributed by atoms with Crippen molar-refractivity contribution in [2.75, 3.05) is 7.11 Å². The Kier molecular flexibility index (Phi) is 2.84. The average Bonchev–Trinajstić information content (AvgIpc) is 2.73. The molecule has 120 valence electrons. The van der Waals surface area contributed by atoms with Crippen molar-refractivity contribution in [3.8, 4) is 5.75 Å². The molecule has 0 radical (unpaired) electrons. The first-order chi connectivity index (χ1) is 10.4. The van der Waals surface area contributed by atoms with Crippen molar-refractivity contribution in [3.05, 3.63) is 28.8 Å². The Morgan fingerprint density at radius 3 is 2.68 bits per heavy atom. The Labute approximate surface area is 133 Å². The fraction of sp³-hybridized carbons (Fsp3) is 0.700. The summed E-state index contributed by atoms with van der Waals surface area (Å²) in [7, 11) is 1.75. The molecule has 3 aliphatic carbocycles. The molecule has 3 aliphatic rings. The molecule has 2 saturated carbocycles. The lowest BCUT2D eigenvalue weighted by atomic mass is 9.34. The van der Waals surface area contributed by atoms with E-state index in [1.54, 1.807) is 7.11 Å². The van der Waals surface area contributed by atoms with Gasteiger partial charge in [0.25, 0.3) is 0 Å². The van der Waals surface area contributed by atoms with Gasteiger partial charge in [0.05, 0.1) is 12.7 Å². The summed E-state index contributed by atoms with van der Waals surface area (Å²) < 4.78 is 5.59. The predicted octanol–water partition coefficient (Wildman–Crippen LogP) is 4.15. The summed E-state index contributed by atoms with van der Waals surface area (Å²) in [6, 6.07) is 4.35. The maximum absolute atomic E-state index is 11.9. The van der Waals surface area contributed by atoms with E-state index in [0.29, 0.717) is 5.92 Å². The molecule has 4 rings (SSSR count). The number of hydrogen-bond acceptors (Lipinski definition) is 2. The summed E-state index contributed by atoms with van der Waals surface area (Å²) in [5.74, 6) is 1.31. The highest BCUT2D eigenvalue weighted by Crippen LogP contribution is 2.73. The standard InChI is InChI=1S/C20H28O2/c1-13-11-15-7-8-16(22-4)14(2)17(15)19-10-6-5-9-18(3,12-19)20(13,19)21/h7-8,13,21H,5-6,9-12H2,1-4H3. The molecule has 1 N–H and O–H groups in total. The quantitative estimate of drug-likeness (QED) is 0.844. The van der Waals surface area contributed by atoms with E-state index in [0.717, 1.165) is 25.0 Å². The molecule has 4 unspecified atom stereocenters. The minimum Gasteiger partial charge on any atom is -0.496 e. The Morgan fingerprint density at radius 2 is 1.95 bits per heavy atom. The zero-order valence-corrected chi connectivity index (χ0v) is 14.3. The van der Waals surface area contributed by atoms with Crippen LogP contribution in [0.5, 0.6) is 5.75 Å². The van der Waals surface area contributed by atoms with Crippen molar-refractivity contribution in [2.45, 2.75) is 70.3 Å². The smallest absolute Gasteiger partial charge is 0.122 e. The van der Waals surface area contributed by atoms with Crippen LogP contribution < -0.4 is 4.74 Å². The van der Waals surface area contributed by atoms with Crippen LogP contribution in [-0.4, -0.2) is 17.8 Å². The second kappa shape index (κ2) is 4.29. The van der Waals surface area contributed by atoms with Gasteiger partial charge in [0.15, 0.2) is 0 Å². The van der Waals surface area contributed by atoms with Crippen molar-refractivity contribution in [2.24, 2.45) is 11.3 Å². The van der Waals surface area contributed by atoms with Crippen LogP contribution in [0, 0.1) is 18.3 Å². The zero-order valence-electron chi connectivity index (χ0n) is 14.3. The largest absolute Gasteiger partial charge is 0.496 e. The van der Waals surface area contributed by atoms with E-state index in [1.807, 2.05) is 0 Å². The highest BCUT2D eigenvalue weighted by atomic mass is 16.5. The van der Waals surface area contributed by atoms with Crippen molar-refractivity contribution < 1.29 is 9.84 Å². The number of ether oxygens (including phenoxy) is 1. The second-order valence-electron chi connectivity index (χ2n) is 8.33. The van der Waals surface area contributed by atoms with Gasteiger partial charge in [-0.15, -0.1) is 0 Å². The number of fused-ring (bicyclic) bond motifs is 3. The van der Waals surface area contributed by atoms with Gasteiger partial charge in [-0.25, -0.2) is 0 Å². The molecule has 1 aromatic carbocycles. The topological polar surface area (TPSA) is 29.5 Å². The minimum atomic E-state index is -0.541. The van der Waals surface area contributed by atoms with Crippen molar-refractivity contribution in [1.29, 1.82) is 0 Å². The molecule has 2 fully saturated rings. The average molecular weight is 300 g/mol. The molecule has 4 atom stereocenters. The first-order valence-electron chi connectivity index (χ1n) is 8.79. The molecule has 2 bridgehead atoms.